The van der Waals surface area contributed by atoms with E-state index in [-0.39, 0.29) is 12.2 Å². The van der Waals surface area contributed by atoms with Crippen LogP contribution in [0.25, 0.3) is 0 Å². The number of hydrogen-bond acceptors (Lipinski definition) is 6. The van der Waals surface area contributed by atoms with E-state index in [0.29, 0.717) is 39.6 Å². The molecule has 0 bridgehead atoms. The Labute approximate surface area is 574 Å². The lowest BCUT2D eigenvalue weighted by atomic mass is 9.91. The van der Waals surface area contributed by atoms with Gasteiger partial charge < -0.3 is 28.4 Å². The molecule has 0 saturated heterocycles. The van der Waals surface area contributed by atoms with Crippen LogP contribution in [0.2, 0.25) is 0 Å². The summed E-state index contributed by atoms with van der Waals surface area (Å²) >= 11 is 0. The highest BCUT2D eigenvalue weighted by molar-refractivity contribution is 5.14. The van der Waals surface area contributed by atoms with Crippen LogP contribution in [0.1, 0.15) is 398 Å². The van der Waals surface area contributed by atoms with Crippen molar-refractivity contribution in [1.82, 2.24) is 0 Å². The zero-order valence-corrected chi connectivity index (χ0v) is 62.2. The van der Waals surface area contributed by atoms with Crippen molar-refractivity contribution in [2.45, 2.75) is 413 Å². The molecular weight excluding hydrogens is 1130 g/mol. The molecule has 0 fully saturated rings. The van der Waals surface area contributed by atoms with Gasteiger partial charge in [-0.15, -0.1) is 0 Å². The van der Waals surface area contributed by atoms with Gasteiger partial charge in [-0.05, 0) is 48.6 Å². The lowest BCUT2D eigenvalue weighted by Gasteiger charge is -2.18. The van der Waals surface area contributed by atoms with Crippen LogP contribution >= 0.6 is 0 Å². The van der Waals surface area contributed by atoms with Gasteiger partial charge in [0.15, 0.2) is 0 Å². The van der Waals surface area contributed by atoms with Gasteiger partial charge in [0, 0.05) is 26.4 Å². The van der Waals surface area contributed by atoms with Gasteiger partial charge in [0.05, 0.1) is 39.6 Å². The fraction of sp³-hybridized carbons (Fsp3) is 0.860. The fourth-order valence-electron chi connectivity index (χ4n) is 13.4. The first kappa shape index (κ1) is 86.3. The second-order valence-corrected chi connectivity index (χ2v) is 29.2. The molecule has 92 heavy (non-hydrogen) atoms. The molecule has 0 aliphatic carbocycles. The molecule has 6 nitrogen and oxygen atoms in total. The van der Waals surface area contributed by atoms with E-state index in [1.54, 1.807) is 0 Å². The van der Waals surface area contributed by atoms with Crippen molar-refractivity contribution in [3.8, 4) is 0 Å². The van der Waals surface area contributed by atoms with Gasteiger partial charge in [-0.3, -0.25) is 0 Å². The van der Waals surface area contributed by atoms with Crippen molar-refractivity contribution in [1.29, 1.82) is 0 Å². The van der Waals surface area contributed by atoms with Crippen LogP contribution in [-0.4, -0.2) is 65.1 Å². The predicted molar refractivity (Wildman–Crippen MR) is 402 cm³/mol. The predicted octanol–water partition coefficient (Wildman–Crippen LogP) is 27.4. The van der Waals surface area contributed by atoms with Gasteiger partial charge in [0.25, 0.3) is 0 Å². The van der Waals surface area contributed by atoms with E-state index in [0.717, 1.165) is 63.9 Å². The first-order valence-corrected chi connectivity index (χ1v) is 41.2. The van der Waals surface area contributed by atoms with Crippen molar-refractivity contribution < 1.29 is 28.4 Å². The van der Waals surface area contributed by atoms with E-state index in [1.807, 2.05) is 0 Å². The Morgan fingerprint density at radius 2 is 0.446 bits per heavy atom. The highest BCUT2D eigenvalue weighted by Crippen LogP contribution is 2.24. The Balaban J connectivity index is 1.33. The first-order valence-electron chi connectivity index (χ1n) is 41.2. The average molecular weight is 1290 g/mol. The van der Waals surface area contributed by atoms with E-state index in [1.165, 1.54) is 345 Å². The first-order chi connectivity index (χ1) is 45.6. The third-order valence-electron chi connectivity index (χ3n) is 19.8. The largest absolute Gasteiger partial charge is 0.379 e. The molecule has 0 N–H and O–H groups in total. The maximum atomic E-state index is 6.34. The van der Waals surface area contributed by atoms with E-state index < -0.39 is 0 Å². The van der Waals surface area contributed by atoms with Crippen molar-refractivity contribution in [3.63, 3.8) is 0 Å². The summed E-state index contributed by atoms with van der Waals surface area (Å²) in [5.41, 5.74) is 2.43. The summed E-state index contributed by atoms with van der Waals surface area (Å²) in [6.07, 6.45) is 77.6. The summed E-state index contributed by atoms with van der Waals surface area (Å²) in [5, 5.41) is 0. The van der Waals surface area contributed by atoms with Crippen LogP contribution in [0.5, 0.6) is 0 Å². The molecule has 0 heterocycles. The maximum Gasteiger partial charge on any atom is 0.104 e. The summed E-state index contributed by atoms with van der Waals surface area (Å²) in [6, 6.07) is 21.0. The van der Waals surface area contributed by atoms with E-state index in [4.69, 9.17) is 28.4 Å². The van der Waals surface area contributed by atoms with Crippen LogP contribution in [0.3, 0.4) is 0 Å². The number of rotatable bonds is 77. The van der Waals surface area contributed by atoms with Gasteiger partial charge in [0.1, 0.15) is 12.2 Å². The van der Waals surface area contributed by atoms with Crippen molar-refractivity contribution in [2.75, 3.05) is 52.9 Å². The smallest absolute Gasteiger partial charge is 0.104 e. The Bertz CT molecular complexity index is 1540. The third-order valence-corrected chi connectivity index (χ3v) is 19.8. The topological polar surface area (TPSA) is 55.4 Å². The number of ether oxygens (including phenoxy) is 6. The van der Waals surface area contributed by atoms with E-state index in [2.05, 4.69) is 88.4 Å². The third kappa shape index (κ3) is 63.0. The minimum absolute atomic E-state index is 0.0170. The molecule has 0 aliphatic heterocycles. The van der Waals surface area contributed by atoms with Gasteiger partial charge in [-0.25, -0.2) is 0 Å². The number of hydrogen-bond donors (Lipinski definition) is 0. The number of unbranched alkanes of at least 4 members (excludes halogenated alkanes) is 48. The average Bonchev–Trinajstić information content (AvgIpc) is 3.77. The Hall–Kier alpha value is -1.80. The molecule has 0 spiro atoms. The summed E-state index contributed by atoms with van der Waals surface area (Å²) < 4.78 is 37.2. The SMILES string of the molecule is CCCCCCCCCCCCCCCCOC(COCCCCCCCCCCCCCCC(C)CCC(C)CCCCCCCCCCCCCCOCC(COCc1ccccc1)OCCCCCCCCCCCCCCCC)COCc1ccccc1. The van der Waals surface area contributed by atoms with Crippen molar-refractivity contribution >= 4 is 0 Å². The van der Waals surface area contributed by atoms with Crippen LogP contribution < -0.4 is 0 Å². The highest BCUT2D eigenvalue weighted by Gasteiger charge is 2.13. The quantitative estimate of drug-likeness (QED) is 0.0615. The molecular formula is C86H158O6. The van der Waals surface area contributed by atoms with Gasteiger partial charge in [-0.2, -0.15) is 0 Å². The van der Waals surface area contributed by atoms with E-state index in [9.17, 15) is 0 Å². The molecule has 538 valence electrons. The molecule has 2 aromatic carbocycles. The molecule has 0 aliphatic rings. The zero-order chi connectivity index (χ0) is 65.4. The van der Waals surface area contributed by atoms with Crippen LogP contribution in [0.15, 0.2) is 60.7 Å². The molecule has 2 rings (SSSR count). The monoisotopic (exact) mass is 1290 g/mol. The van der Waals surface area contributed by atoms with Gasteiger partial charge in [0.2, 0.25) is 0 Å². The molecule has 0 amide bonds. The second kappa shape index (κ2) is 72.0. The lowest BCUT2D eigenvalue weighted by molar-refractivity contribution is -0.0645. The second-order valence-electron chi connectivity index (χ2n) is 29.2. The summed E-state index contributed by atoms with van der Waals surface area (Å²) in [7, 11) is 0. The molecule has 4 unspecified atom stereocenters. The zero-order valence-electron chi connectivity index (χ0n) is 62.2. The molecule has 0 aromatic heterocycles. The summed E-state index contributed by atoms with van der Waals surface area (Å²) in [4.78, 5) is 0. The molecule has 0 saturated carbocycles. The van der Waals surface area contributed by atoms with Gasteiger partial charge >= 0.3 is 0 Å². The molecule has 4 atom stereocenters. The van der Waals surface area contributed by atoms with Crippen LogP contribution in [0.4, 0.5) is 0 Å². The lowest BCUT2D eigenvalue weighted by Crippen LogP contribution is -2.26. The highest BCUT2D eigenvalue weighted by atomic mass is 16.6. The van der Waals surface area contributed by atoms with Crippen LogP contribution in [0, 0.1) is 11.8 Å². The molecule has 2 aromatic rings. The maximum absolute atomic E-state index is 6.34. The fourth-order valence-corrected chi connectivity index (χ4v) is 13.4. The van der Waals surface area contributed by atoms with Crippen molar-refractivity contribution in [3.05, 3.63) is 71.8 Å². The van der Waals surface area contributed by atoms with Gasteiger partial charge in [-0.1, -0.05) is 422 Å². The minimum atomic E-state index is 0.0170. The Morgan fingerprint density at radius 3 is 0.707 bits per heavy atom. The normalized spacial score (nSPS) is 13.1. The summed E-state index contributed by atoms with van der Waals surface area (Å²) in [6.45, 7) is 16.7. The summed E-state index contributed by atoms with van der Waals surface area (Å²) in [5.74, 6) is 1.80. The van der Waals surface area contributed by atoms with E-state index >= 15 is 0 Å². The Kier molecular flexibility index (Phi) is 67.5. The number of benzene rings is 2. The minimum Gasteiger partial charge on any atom is -0.379 e. The molecule has 6 heteroatoms. The Morgan fingerprint density at radius 1 is 0.228 bits per heavy atom. The molecule has 0 radical (unpaired) electrons. The van der Waals surface area contributed by atoms with Crippen molar-refractivity contribution in [2.24, 2.45) is 11.8 Å². The standard InChI is InChI=1S/C86H158O6/c1-5-7-9-11-13-15-17-19-23-31-37-43-49-61-73-91-85(79-89-75-83-65-55-51-56-66-83)77-87-71-59-47-41-35-29-25-21-27-33-39-45-53-63-81(3)69-70-82(4)64-54-46-40-34-28-22-26-30-36-42-48-60-72-88-78-86(80-90-76-84-67-57-52-58-68-84)92-74-62-50-44-38-32-24-20-18-16-14-12-10-8-6-2/h51-52,55-58,65-68,81-82,85-86H,5-50,53-54,59-64,69-80H2,1-4H3. The van der Waals surface area contributed by atoms with Crippen LogP contribution in [-0.2, 0) is 41.6 Å².